The van der Waals surface area contributed by atoms with Crippen LogP contribution in [0, 0.1) is 0 Å². The fourth-order valence-corrected chi connectivity index (χ4v) is 1.79. The predicted octanol–water partition coefficient (Wildman–Crippen LogP) is 2.19. The molecule has 0 aliphatic carbocycles. The molecule has 1 aromatic carbocycles. The van der Waals surface area contributed by atoms with E-state index < -0.39 is 11.7 Å². The highest BCUT2D eigenvalue weighted by atomic mass is 16.6. The Bertz CT molecular complexity index is 429. The number of rotatable bonds is 6. The molecule has 1 aromatic rings. The van der Waals surface area contributed by atoms with Gasteiger partial charge < -0.3 is 21.1 Å². The fraction of sp³-hybridized carbons (Fsp3) is 0.562. The number of amides is 1. The summed E-state index contributed by atoms with van der Waals surface area (Å²) in [6.07, 6.45) is -0.418. The van der Waals surface area contributed by atoms with Crippen molar-refractivity contribution in [3.05, 3.63) is 35.9 Å². The number of nitrogens with one attached hydrogen (secondary N) is 2. The number of carbonyl (C=O) groups excluding carboxylic acids is 1. The summed E-state index contributed by atoms with van der Waals surface area (Å²) in [5.41, 5.74) is 6.12. The third-order valence-corrected chi connectivity index (χ3v) is 2.92. The summed E-state index contributed by atoms with van der Waals surface area (Å²) in [5.74, 6) is 0. The summed E-state index contributed by atoms with van der Waals surface area (Å²) in [6, 6.07) is 9.85. The van der Waals surface area contributed by atoms with Crippen LogP contribution in [0.4, 0.5) is 4.79 Å². The van der Waals surface area contributed by atoms with Crippen LogP contribution < -0.4 is 16.4 Å². The molecule has 0 aromatic heterocycles. The highest BCUT2D eigenvalue weighted by Crippen LogP contribution is 2.14. The highest BCUT2D eigenvalue weighted by molar-refractivity contribution is 5.68. The second kappa shape index (κ2) is 8.00. The van der Waals surface area contributed by atoms with E-state index in [0.29, 0.717) is 13.1 Å². The normalized spacial score (nSPS) is 14.3. The Morgan fingerprint density at radius 2 is 1.90 bits per heavy atom. The Morgan fingerprint density at radius 3 is 2.43 bits per heavy atom. The Morgan fingerprint density at radius 1 is 1.29 bits per heavy atom. The SMILES string of the molecule is CC(CN)NCC(NC(=O)OC(C)(C)C)c1ccccc1. The molecule has 5 heteroatoms. The standard InChI is InChI=1S/C16H27N3O2/c1-12(10-17)18-11-14(13-8-6-5-7-9-13)19-15(20)21-16(2,3)4/h5-9,12,14,18H,10-11,17H2,1-4H3,(H,19,20). The zero-order valence-corrected chi connectivity index (χ0v) is 13.3. The predicted molar refractivity (Wildman–Crippen MR) is 85.1 cm³/mol. The Balaban J connectivity index is 2.71. The van der Waals surface area contributed by atoms with Crippen molar-refractivity contribution in [3.8, 4) is 0 Å². The van der Waals surface area contributed by atoms with Gasteiger partial charge in [-0.05, 0) is 33.3 Å². The topological polar surface area (TPSA) is 76.4 Å². The van der Waals surface area contributed by atoms with Gasteiger partial charge in [0.2, 0.25) is 0 Å². The third-order valence-electron chi connectivity index (χ3n) is 2.92. The number of hydrogen-bond acceptors (Lipinski definition) is 4. The molecule has 21 heavy (non-hydrogen) atoms. The number of carbonyl (C=O) groups is 1. The Kier molecular flexibility index (Phi) is 6.65. The van der Waals surface area contributed by atoms with Crippen LogP contribution in [0.1, 0.15) is 39.3 Å². The maximum atomic E-state index is 12.0. The van der Waals surface area contributed by atoms with Crippen LogP contribution in [0.25, 0.3) is 0 Å². The van der Waals surface area contributed by atoms with Gasteiger partial charge in [-0.1, -0.05) is 30.3 Å². The van der Waals surface area contributed by atoms with E-state index in [1.807, 2.05) is 58.0 Å². The van der Waals surface area contributed by atoms with E-state index in [4.69, 9.17) is 10.5 Å². The molecule has 0 aliphatic rings. The molecule has 5 nitrogen and oxygen atoms in total. The zero-order valence-electron chi connectivity index (χ0n) is 13.3. The van der Waals surface area contributed by atoms with Crippen LogP contribution >= 0.6 is 0 Å². The molecule has 0 saturated carbocycles. The van der Waals surface area contributed by atoms with Gasteiger partial charge in [-0.15, -0.1) is 0 Å². The monoisotopic (exact) mass is 293 g/mol. The molecule has 0 spiro atoms. The first kappa shape index (κ1) is 17.5. The lowest BCUT2D eigenvalue weighted by atomic mass is 10.1. The molecule has 0 aliphatic heterocycles. The molecule has 2 atom stereocenters. The van der Waals surface area contributed by atoms with Crippen molar-refractivity contribution in [2.45, 2.75) is 45.4 Å². The molecular weight excluding hydrogens is 266 g/mol. The van der Waals surface area contributed by atoms with Gasteiger partial charge in [-0.25, -0.2) is 4.79 Å². The fourth-order valence-electron chi connectivity index (χ4n) is 1.79. The Labute approximate surface area is 127 Å². The van der Waals surface area contributed by atoms with Gasteiger partial charge in [0.1, 0.15) is 5.60 Å². The van der Waals surface area contributed by atoms with E-state index >= 15 is 0 Å². The molecule has 4 N–H and O–H groups in total. The molecule has 118 valence electrons. The largest absolute Gasteiger partial charge is 0.444 e. The molecule has 1 rings (SSSR count). The number of benzene rings is 1. The minimum absolute atomic E-state index is 0.157. The van der Waals surface area contributed by atoms with Crippen LogP contribution in [0.5, 0.6) is 0 Å². The van der Waals surface area contributed by atoms with Crippen LogP contribution in [0.15, 0.2) is 30.3 Å². The summed E-state index contributed by atoms with van der Waals surface area (Å²) >= 11 is 0. The van der Waals surface area contributed by atoms with E-state index in [2.05, 4.69) is 10.6 Å². The second-order valence-corrected chi connectivity index (χ2v) is 6.15. The summed E-state index contributed by atoms with van der Waals surface area (Å²) in [7, 11) is 0. The summed E-state index contributed by atoms with van der Waals surface area (Å²) in [5, 5.41) is 6.21. The molecular formula is C16H27N3O2. The van der Waals surface area contributed by atoms with Gasteiger partial charge in [-0.3, -0.25) is 0 Å². The minimum Gasteiger partial charge on any atom is -0.444 e. The van der Waals surface area contributed by atoms with Crippen LogP contribution in [-0.2, 0) is 4.74 Å². The minimum atomic E-state index is -0.511. The maximum absolute atomic E-state index is 12.0. The van der Waals surface area contributed by atoms with Gasteiger partial charge in [0.15, 0.2) is 0 Å². The lowest BCUT2D eigenvalue weighted by Gasteiger charge is -2.25. The number of ether oxygens (including phenoxy) is 1. The average molecular weight is 293 g/mol. The van der Waals surface area contributed by atoms with Gasteiger partial charge in [0.05, 0.1) is 6.04 Å². The molecule has 0 fully saturated rings. The molecule has 2 unspecified atom stereocenters. The van der Waals surface area contributed by atoms with Crippen molar-refractivity contribution >= 4 is 6.09 Å². The lowest BCUT2D eigenvalue weighted by Crippen LogP contribution is -2.42. The van der Waals surface area contributed by atoms with E-state index in [-0.39, 0.29) is 12.1 Å². The number of alkyl carbamates (subject to hydrolysis) is 1. The van der Waals surface area contributed by atoms with Gasteiger partial charge in [0.25, 0.3) is 0 Å². The van der Waals surface area contributed by atoms with E-state index in [0.717, 1.165) is 5.56 Å². The number of hydrogen-bond donors (Lipinski definition) is 3. The van der Waals surface area contributed by atoms with Gasteiger partial charge >= 0.3 is 6.09 Å². The third kappa shape index (κ3) is 7.11. The van der Waals surface area contributed by atoms with E-state index in [1.54, 1.807) is 0 Å². The molecule has 1 amide bonds. The molecule has 0 saturated heterocycles. The van der Waals surface area contributed by atoms with Crippen molar-refractivity contribution in [2.24, 2.45) is 5.73 Å². The lowest BCUT2D eigenvalue weighted by molar-refractivity contribution is 0.0502. The van der Waals surface area contributed by atoms with E-state index in [9.17, 15) is 4.79 Å². The van der Waals surface area contributed by atoms with Crippen molar-refractivity contribution in [2.75, 3.05) is 13.1 Å². The van der Waals surface area contributed by atoms with E-state index in [1.165, 1.54) is 0 Å². The first-order valence-corrected chi connectivity index (χ1v) is 7.29. The highest BCUT2D eigenvalue weighted by Gasteiger charge is 2.20. The zero-order chi connectivity index (χ0) is 15.9. The van der Waals surface area contributed by atoms with Crippen LogP contribution in [-0.4, -0.2) is 30.8 Å². The van der Waals surface area contributed by atoms with Crippen LogP contribution in [0.3, 0.4) is 0 Å². The van der Waals surface area contributed by atoms with Crippen molar-refractivity contribution in [1.29, 1.82) is 0 Å². The van der Waals surface area contributed by atoms with Crippen LogP contribution in [0.2, 0.25) is 0 Å². The molecule has 0 bridgehead atoms. The maximum Gasteiger partial charge on any atom is 0.408 e. The molecule has 0 heterocycles. The van der Waals surface area contributed by atoms with Crippen molar-refractivity contribution in [1.82, 2.24) is 10.6 Å². The smallest absolute Gasteiger partial charge is 0.408 e. The summed E-state index contributed by atoms with van der Waals surface area (Å²) in [6.45, 7) is 8.70. The summed E-state index contributed by atoms with van der Waals surface area (Å²) < 4.78 is 5.32. The van der Waals surface area contributed by atoms with Crippen molar-refractivity contribution < 1.29 is 9.53 Å². The number of nitrogens with two attached hydrogens (primary N) is 1. The summed E-state index contributed by atoms with van der Waals surface area (Å²) in [4.78, 5) is 12.0. The first-order chi connectivity index (χ1) is 9.81. The first-order valence-electron chi connectivity index (χ1n) is 7.29. The van der Waals surface area contributed by atoms with Crippen molar-refractivity contribution in [3.63, 3.8) is 0 Å². The second-order valence-electron chi connectivity index (χ2n) is 6.15. The molecule has 0 radical (unpaired) electrons. The average Bonchev–Trinajstić information content (AvgIpc) is 2.42. The quantitative estimate of drug-likeness (QED) is 0.751. The van der Waals surface area contributed by atoms with Gasteiger partial charge in [-0.2, -0.15) is 0 Å². The Hall–Kier alpha value is -1.59. The van der Waals surface area contributed by atoms with Gasteiger partial charge in [0, 0.05) is 19.1 Å².